The van der Waals surface area contributed by atoms with Gasteiger partial charge < -0.3 is 5.32 Å². The first kappa shape index (κ1) is 8.42. The molecule has 2 heterocycles. The van der Waals surface area contributed by atoms with Crippen molar-refractivity contribution in [3.8, 4) is 0 Å². The van der Waals surface area contributed by atoms with E-state index in [1.165, 1.54) is 42.8 Å². The van der Waals surface area contributed by atoms with Crippen molar-refractivity contribution in [1.29, 1.82) is 0 Å². The lowest BCUT2D eigenvalue weighted by molar-refractivity contribution is 0.385. The molecule has 2 nitrogen and oxygen atoms in total. The van der Waals surface area contributed by atoms with Crippen LogP contribution in [0.1, 0.15) is 16.8 Å². The highest BCUT2D eigenvalue weighted by Crippen LogP contribution is 2.31. The summed E-state index contributed by atoms with van der Waals surface area (Å²) in [6.45, 7) is 4.53. The highest BCUT2D eigenvalue weighted by Gasteiger charge is 2.32. The normalized spacial score (nSPS) is 29.8. The number of fused-ring (bicyclic) bond motifs is 2. The molecule has 2 atom stereocenters. The second-order valence-corrected chi connectivity index (χ2v) is 4.71. The van der Waals surface area contributed by atoms with Gasteiger partial charge in [0, 0.05) is 11.9 Å². The molecule has 2 heteroatoms. The first-order valence-corrected chi connectivity index (χ1v) is 5.48. The number of nitrogens with zero attached hydrogens (tertiary/aromatic N) is 1. The average molecular weight is 188 g/mol. The fourth-order valence-electron chi connectivity index (χ4n) is 2.81. The first-order valence-electron chi connectivity index (χ1n) is 5.48. The van der Waals surface area contributed by atoms with Crippen LogP contribution < -0.4 is 5.32 Å². The van der Waals surface area contributed by atoms with Crippen molar-refractivity contribution in [1.82, 2.24) is 10.3 Å². The van der Waals surface area contributed by atoms with E-state index in [2.05, 4.69) is 23.3 Å². The second-order valence-electron chi connectivity index (χ2n) is 4.71. The molecule has 1 N–H and O–H groups in total. The van der Waals surface area contributed by atoms with Crippen LogP contribution in [0.3, 0.4) is 0 Å². The summed E-state index contributed by atoms with van der Waals surface area (Å²) in [4.78, 5) is 4.55. The summed E-state index contributed by atoms with van der Waals surface area (Å²) in [6, 6.07) is 2.32. The zero-order valence-corrected chi connectivity index (χ0v) is 8.59. The van der Waals surface area contributed by atoms with Crippen molar-refractivity contribution >= 4 is 0 Å². The summed E-state index contributed by atoms with van der Waals surface area (Å²) in [5, 5.41) is 3.49. The summed E-state index contributed by atoms with van der Waals surface area (Å²) in [6.07, 6.45) is 4.43. The largest absolute Gasteiger partial charge is 0.316 e. The summed E-state index contributed by atoms with van der Waals surface area (Å²) in [7, 11) is 0. The smallest absolute Gasteiger partial charge is 0.0439 e. The van der Waals surface area contributed by atoms with Gasteiger partial charge in [0.1, 0.15) is 0 Å². The maximum absolute atomic E-state index is 4.55. The number of pyridine rings is 1. The highest BCUT2D eigenvalue weighted by molar-refractivity contribution is 5.28. The number of aryl methyl sites for hydroxylation is 1. The minimum absolute atomic E-state index is 0.845. The summed E-state index contributed by atoms with van der Waals surface area (Å²) >= 11 is 0. The molecule has 1 aliphatic heterocycles. The summed E-state index contributed by atoms with van der Waals surface area (Å²) in [5.41, 5.74) is 4.14. The van der Waals surface area contributed by atoms with E-state index in [4.69, 9.17) is 0 Å². The van der Waals surface area contributed by atoms with Crippen molar-refractivity contribution in [2.75, 3.05) is 13.1 Å². The molecule has 1 fully saturated rings. The van der Waals surface area contributed by atoms with Gasteiger partial charge in [0.2, 0.25) is 0 Å². The maximum Gasteiger partial charge on any atom is 0.0439 e. The molecule has 2 unspecified atom stereocenters. The van der Waals surface area contributed by atoms with Crippen molar-refractivity contribution in [3.63, 3.8) is 0 Å². The minimum atomic E-state index is 0.845. The summed E-state index contributed by atoms with van der Waals surface area (Å²) < 4.78 is 0. The van der Waals surface area contributed by atoms with Crippen LogP contribution in [0.2, 0.25) is 0 Å². The van der Waals surface area contributed by atoms with Crippen LogP contribution in [0.5, 0.6) is 0 Å². The average Bonchev–Trinajstić information content (AvgIpc) is 2.61. The fourth-order valence-corrected chi connectivity index (χ4v) is 2.81. The lowest BCUT2D eigenvalue weighted by Gasteiger charge is -2.26. The zero-order chi connectivity index (χ0) is 9.54. The molecule has 0 bridgehead atoms. The predicted octanol–water partition coefficient (Wildman–Crippen LogP) is 1.32. The third kappa shape index (κ3) is 1.25. The first-order chi connectivity index (χ1) is 6.83. The van der Waals surface area contributed by atoms with E-state index in [0.717, 1.165) is 11.8 Å². The Morgan fingerprint density at radius 2 is 2.07 bits per heavy atom. The third-order valence-corrected chi connectivity index (χ3v) is 3.61. The van der Waals surface area contributed by atoms with E-state index in [9.17, 15) is 0 Å². The highest BCUT2D eigenvalue weighted by atomic mass is 14.9. The number of aromatic nitrogens is 1. The topological polar surface area (TPSA) is 24.9 Å². The van der Waals surface area contributed by atoms with Crippen molar-refractivity contribution in [3.05, 3.63) is 29.1 Å². The third-order valence-electron chi connectivity index (χ3n) is 3.61. The van der Waals surface area contributed by atoms with E-state index in [-0.39, 0.29) is 0 Å². The van der Waals surface area contributed by atoms with Gasteiger partial charge in [-0.05, 0) is 55.8 Å². The standard InChI is InChI=1S/C12H16N2/c1-8-2-9-3-10-6-13-7-11(10)4-12(9)14-5-8/h2,5,10-11,13H,3-4,6-7H2,1H3. The predicted molar refractivity (Wildman–Crippen MR) is 56.2 cm³/mol. The van der Waals surface area contributed by atoms with E-state index < -0.39 is 0 Å². The molecule has 1 aliphatic carbocycles. The van der Waals surface area contributed by atoms with Crippen molar-refractivity contribution < 1.29 is 0 Å². The van der Waals surface area contributed by atoms with E-state index in [1.54, 1.807) is 0 Å². The Kier molecular flexibility index (Phi) is 1.84. The van der Waals surface area contributed by atoms with Gasteiger partial charge in [-0.1, -0.05) is 6.07 Å². The van der Waals surface area contributed by atoms with Crippen LogP contribution in [-0.2, 0) is 12.8 Å². The van der Waals surface area contributed by atoms with Gasteiger partial charge in [-0.25, -0.2) is 0 Å². The Morgan fingerprint density at radius 1 is 1.29 bits per heavy atom. The number of nitrogens with one attached hydrogen (secondary N) is 1. The van der Waals surface area contributed by atoms with E-state index in [0.29, 0.717) is 0 Å². The zero-order valence-electron chi connectivity index (χ0n) is 8.59. The number of hydrogen-bond donors (Lipinski definition) is 1. The van der Waals surface area contributed by atoms with Crippen LogP contribution in [0.25, 0.3) is 0 Å². The van der Waals surface area contributed by atoms with Gasteiger partial charge in [-0.2, -0.15) is 0 Å². The maximum atomic E-state index is 4.55. The SMILES string of the molecule is Cc1cnc2c(c1)CC1CNCC1C2. The van der Waals surface area contributed by atoms with Gasteiger partial charge in [0.25, 0.3) is 0 Å². The molecule has 0 radical (unpaired) electrons. The molecule has 14 heavy (non-hydrogen) atoms. The molecule has 74 valence electrons. The van der Waals surface area contributed by atoms with Crippen LogP contribution in [0.4, 0.5) is 0 Å². The Hall–Kier alpha value is -0.890. The van der Waals surface area contributed by atoms with Crippen LogP contribution in [0, 0.1) is 18.8 Å². The van der Waals surface area contributed by atoms with Crippen LogP contribution >= 0.6 is 0 Å². The van der Waals surface area contributed by atoms with Crippen molar-refractivity contribution in [2.24, 2.45) is 11.8 Å². The van der Waals surface area contributed by atoms with E-state index in [1.807, 2.05) is 6.20 Å². The monoisotopic (exact) mass is 188 g/mol. The summed E-state index contributed by atoms with van der Waals surface area (Å²) in [5.74, 6) is 1.71. The van der Waals surface area contributed by atoms with Gasteiger partial charge in [-0.3, -0.25) is 4.98 Å². The van der Waals surface area contributed by atoms with Gasteiger partial charge in [-0.15, -0.1) is 0 Å². The molecule has 2 aliphatic rings. The molecule has 1 saturated heterocycles. The molecular formula is C12H16N2. The molecular weight excluding hydrogens is 172 g/mol. The molecule has 3 rings (SSSR count). The lowest BCUT2D eigenvalue weighted by Crippen LogP contribution is -2.24. The number of hydrogen-bond acceptors (Lipinski definition) is 2. The van der Waals surface area contributed by atoms with Crippen LogP contribution in [-0.4, -0.2) is 18.1 Å². The lowest BCUT2D eigenvalue weighted by atomic mass is 9.80. The second kappa shape index (κ2) is 3.06. The van der Waals surface area contributed by atoms with Crippen LogP contribution in [0.15, 0.2) is 12.3 Å². The molecule has 0 spiro atoms. The minimum Gasteiger partial charge on any atom is -0.316 e. The Labute approximate surface area is 84.7 Å². The Balaban J connectivity index is 1.97. The molecule has 0 amide bonds. The van der Waals surface area contributed by atoms with Gasteiger partial charge >= 0.3 is 0 Å². The molecule has 1 aromatic rings. The Bertz CT molecular complexity index is 359. The van der Waals surface area contributed by atoms with E-state index >= 15 is 0 Å². The van der Waals surface area contributed by atoms with Gasteiger partial charge in [0.15, 0.2) is 0 Å². The quantitative estimate of drug-likeness (QED) is 0.664. The number of rotatable bonds is 0. The fraction of sp³-hybridized carbons (Fsp3) is 0.583. The molecule has 0 aromatic carbocycles. The van der Waals surface area contributed by atoms with Crippen molar-refractivity contribution in [2.45, 2.75) is 19.8 Å². The molecule has 1 aromatic heterocycles. The van der Waals surface area contributed by atoms with Gasteiger partial charge in [0.05, 0.1) is 0 Å². The molecule has 0 saturated carbocycles. The Morgan fingerprint density at radius 3 is 2.93 bits per heavy atom.